The van der Waals surface area contributed by atoms with Crippen molar-refractivity contribution in [2.75, 3.05) is 6.61 Å². The van der Waals surface area contributed by atoms with E-state index in [4.69, 9.17) is 4.74 Å². The van der Waals surface area contributed by atoms with Crippen molar-refractivity contribution < 1.29 is 9.53 Å². The fraction of sp³-hybridized carbons (Fsp3) is 0.200. The lowest BCUT2D eigenvalue weighted by molar-refractivity contribution is -0.135. The molecule has 0 spiro atoms. The molecule has 1 aromatic carbocycles. The van der Waals surface area contributed by atoms with E-state index in [-0.39, 0.29) is 5.56 Å². The van der Waals surface area contributed by atoms with Gasteiger partial charge in [0.2, 0.25) is 0 Å². The van der Waals surface area contributed by atoms with E-state index >= 15 is 0 Å². The third-order valence-electron chi connectivity index (χ3n) is 3.81. The smallest absolute Gasteiger partial charge is 0.333 e. The van der Waals surface area contributed by atoms with Gasteiger partial charge >= 0.3 is 5.97 Å². The predicted octanol–water partition coefficient (Wildman–Crippen LogP) is 2.50. The fourth-order valence-electron chi connectivity index (χ4n) is 2.49. The Balaban J connectivity index is 2.14. The van der Waals surface area contributed by atoms with E-state index < -0.39 is 5.97 Å². The molecule has 0 saturated heterocycles. The third kappa shape index (κ3) is 4.20. The van der Waals surface area contributed by atoms with Crippen LogP contribution in [0.25, 0.3) is 12.2 Å². The highest BCUT2D eigenvalue weighted by Crippen LogP contribution is 2.15. The van der Waals surface area contributed by atoms with Crippen molar-refractivity contribution in [1.82, 2.24) is 4.57 Å². The second-order valence-corrected chi connectivity index (χ2v) is 7.70. The van der Waals surface area contributed by atoms with E-state index in [0.717, 1.165) is 16.0 Å². The molecule has 134 valence electrons. The molecule has 0 bridgehead atoms. The van der Waals surface area contributed by atoms with Crippen LogP contribution in [-0.4, -0.2) is 17.1 Å². The minimum absolute atomic E-state index is 0.0952. The Morgan fingerprint density at radius 2 is 2.00 bits per heavy atom. The zero-order valence-electron chi connectivity index (χ0n) is 14.6. The zero-order chi connectivity index (χ0) is 18.5. The molecular weight excluding hydrogens is 366 g/mol. The molecule has 26 heavy (non-hydrogen) atoms. The second kappa shape index (κ2) is 8.29. The first-order chi connectivity index (χ1) is 12.6. The normalized spacial score (nSPS) is 12.5. The van der Waals surface area contributed by atoms with Gasteiger partial charge in [-0.2, -0.15) is 0 Å². The number of carbonyl (C=O) groups is 1. The summed E-state index contributed by atoms with van der Waals surface area (Å²) < 4.78 is 7.85. The van der Waals surface area contributed by atoms with E-state index in [1.54, 1.807) is 22.8 Å². The van der Waals surface area contributed by atoms with Crippen LogP contribution in [0.5, 0.6) is 0 Å². The quantitative estimate of drug-likeness (QED) is 0.634. The lowest BCUT2D eigenvalue weighted by Crippen LogP contribution is -2.32. The standard InChI is InChI=1S/C20H19NO3S2/c1-3-24-19(22)12-18-21(13-15-7-5-4-6-8-15)20(23)17(26-18)11-16-14(2)9-10-25-16/h4-12H,3,13H2,1-2H3/b17-11+,18-12-. The number of nitrogens with zero attached hydrogens (tertiary/aromatic N) is 1. The van der Waals surface area contributed by atoms with Gasteiger partial charge in [0, 0.05) is 4.88 Å². The van der Waals surface area contributed by atoms with Crippen molar-refractivity contribution in [3.8, 4) is 0 Å². The lowest BCUT2D eigenvalue weighted by Gasteiger charge is -2.02. The van der Waals surface area contributed by atoms with Gasteiger partial charge in [-0.05, 0) is 42.5 Å². The average Bonchev–Trinajstić information content (AvgIpc) is 3.15. The number of esters is 1. The summed E-state index contributed by atoms with van der Waals surface area (Å²) in [4.78, 5) is 25.9. The molecule has 2 heterocycles. The van der Waals surface area contributed by atoms with Crippen LogP contribution in [0.15, 0.2) is 46.6 Å². The van der Waals surface area contributed by atoms with Crippen LogP contribution >= 0.6 is 22.7 Å². The summed E-state index contributed by atoms with van der Waals surface area (Å²) in [5.74, 6) is -0.436. The summed E-state index contributed by atoms with van der Waals surface area (Å²) in [6.07, 6.45) is 3.30. The van der Waals surface area contributed by atoms with Crippen LogP contribution in [-0.2, 0) is 16.1 Å². The molecule has 0 aliphatic heterocycles. The Kier molecular flexibility index (Phi) is 5.85. The molecule has 0 atom stereocenters. The molecule has 3 aromatic rings. The number of hydrogen-bond donors (Lipinski definition) is 0. The maximum absolute atomic E-state index is 12.9. The minimum Gasteiger partial charge on any atom is -0.463 e. The van der Waals surface area contributed by atoms with Gasteiger partial charge in [0.15, 0.2) is 0 Å². The van der Waals surface area contributed by atoms with Gasteiger partial charge in [-0.3, -0.25) is 9.36 Å². The molecule has 0 radical (unpaired) electrons. The van der Waals surface area contributed by atoms with Gasteiger partial charge in [0.1, 0.15) is 4.66 Å². The van der Waals surface area contributed by atoms with Gasteiger partial charge in [0.05, 0.1) is 23.8 Å². The molecule has 0 unspecified atom stereocenters. The Hall–Kier alpha value is -2.44. The predicted molar refractivity (Wildman–Crippen MR) is 107 cm³/mol. The highest BCUT2D eigenvalue weighted by Gasteiger charge is 2.08. The summed E-state index contributed by atoms with van der Waals surface area (Å²) in [5.41, 5.74) is 2.04. The Labute approximate surface area is 159 Å². The largest absolute Gasteiger partial charge is 0.463 e. The average molecular weight is 386 g/mol. The van der Waals surface area contributed by atoms with Crippen molar-refractivity contribution in [3.05, 3.63) is 77.3 Å². The van der Waals surface area contributed by atoms with Crippen LogP contribution < -0.4 is 14.8 Å². The highest BCUT2D eigenvalue weighted by atomic mass is 32.1. The molecular formula is C20H19NO3S2. The van der Waals surface area contributed by atoms with Crippen molar-refractivity contribution >= 4 is 40.8 Å². The van der Waals surface area contributed by atoms with E-state index in [9.17, 15) is 9.59 Å². The summed E-state index contributed by atoms with van der Waals surface area (Å²) in [6, 6.07) is 11.8. The van der Waals surface area contributed by atoms with Gasteiger partial charge in [-0.25, -0.2) is 4.79 Å². The minimum atomic E-state index is -0.436. The first-order valence-electron chi connectivity index (χ1n) is 8.26. The number of hydrogen-bond acceptors (Lipinski definition) is 5. The van der Waals surface area contributed by atoms with Gasteiger partial charge in [-0.1, -0.05) is 30.3 Å². The third-order valence-corrected chi connectivity index (χ3v) is 5.84. The SMILES string of the molecule is CCOC(=O)/C=c1\s/c(=C/c2sccc2C)c(=O)n1Cc1ccccc1. The maximum Gasteiger partial charge on any atom is 0.333 e. The van der Waals surface area contributed by atoms with Gasteiger partial charge in [0.25, 0.3) is 5.56 Å². The molecule has 0 saturated carbocycles. The van der Waals surface area contributed by atoms with E-state index in [0.29, 0.717) is 22.3 Å². The first kappa shape index (κ1) is 18.4. The van der Waals surface area contributed by atoms with Crippen molar-refractivity contribution in [2.45, 2.75) is 20.4 Å². The van der Waals surface area contributed by atoms with Crippen molar-refractivity contribution in [2.24, 2.45) is 0 Å². The number of ether oxygens (including phenoxy) is 1. The number of carbonyl (C=O) groups excluding carboxylic acids is 1. The lowest BCUT2D eigenvalue weighted by atomic mass is 10.2. The summed E-state index contributed by atoms with van der Waals surface area (Å²) in [5, 5.41) is 2.00. The van der Waals surface area contributed by atoms with Crippen LogP contribution in [0.3, 0.4) is 0 Å². The number of thiophene rings is 1. The first-order valence-corrected chi connectivity index (χ1v) is 9.96. The number of rotatable bonds is 5. The number of benzene rings is 1. The zero-order valence-corrected chi connectivity index (χ0v) is 16.2. The Bertz CT molecular complexity index is 1070. The topological polar surface area (TPSA) is 48.3 Å². The molecule has 2 aromatic heterocycles. The number of aryl methyl sites for hydroxylation is 1. The summed E-state index contributed by atoms with van der Waals surface area (Å²) in [7, 11) is 0. The number of thiazole rings is 1. The molecule has 3 rings (SSSR count). The summed E-state index contributed by atoms with van der Waals surface area (Å²) >= 11 is 2.91. The molecule has 6 heteroatoms. The summed E-state index contributed by atoms with van der Waals surface area (Å²) in [6.45, 7) is 4.50. The maximum atomic E-state index is 12.9. The molecule has 0 aliphatic carbocycles. The molecule has 0 amide bonds. The van der Waals surface area contributed by atoms with E-state index in [2.05, 4.69) is 0 Å². The van der Waals surface area contributed by atoms with Crippen LogP contribution in [0.1, 0.15) is 22.9 Å². The van der Waals surface area contributed by atoms with Gasteiger partial charge < -0.3 is 4.74 Å². The van der Waals surface area contributed by atoms with Gasteiger partial charge in [-0.15, -0.1) is 22.7 Å². The van der Waals surface area contributed by atoms with E-state index in [1.807, 2.05) is 54.8 Å². The second-order valence-electron chi connectivity index (χ2n) is 5.69. The van der Waals surface area contributed by atoms with E-state index in [1.165, 1.54) is 17.4 Å². The van der Waals surface area contributed by atoms with Crippen molar-refractivity contribution in [3.63, 3.8) is 0 Å². The van der Waals surface area contributed by atoms with Crippen LogP contribution in [0, 0.1) is 6.92 Å². The van der Waals surface area contributed by atoms with Crippen LogP contribution in [0.2, 0.25) is 0 Å². The molecule has 0 fully saturated rings. The molecule has 0 N–H and O–H groups in total. The van der Waals surface area contributed by atoms with Crippen molar-refractivity contribution in [1.29, 1.82) is 0 Å². The monoisotopic (exact) mass is 385 g/mol. The number of aromatic nitrogens is 1. The Morgan fingerprint density at radius 1 is 1.23 bits per heavy atom. The highest BCUT2D eigenvalue weighted by molar-refractivity contribution is 7.11. The Morgan fingerprint density at radius 3 is 2.65 bits per heavy atom. The molecule has 4 nitrogen and oxygen atoms in total. The fourth-order valence-corrected chi connectivity index (χ4v) is 4.44. The molecule has 0 aliphatic rings. The van der Waals surface area contributed by atoms with Crippen LogP contribution in [0.4, 0.5) is 0 Å².